The molecule has 0 aliphatic carbocycles. The van der Waals surface area contributed by atoms with Crippen molar-refractivity contribution in [1.82, 2.24) is 9.88 Å². The van der Waals surface area contributed by atoms with Gasteiger partial charge in [0, 0.05) is 44.2 Å². The van der Waals surface area contributed by atoms with Crippen LogP contribution in [-0.2, 0) is 4.79 Å². The van der Waals surface area contributed by atoms with Crippen molar-refractivity contribution in [3.63, 3.8) is 0 Å². The minimum absolute atomic E-state index is 0.116. The molecule has 0 atom stereocenters. The van der Waals surface area contributed by atoms with Crippen LogP contribution in [0.2, 0.25) is 5.02 Å². The first-order valence-electron chi connectivity index (χ1n) is 7.09. The smallest absolute Gasteiger partial charge is 0.298 e. The maximum absolute atomic E-state index is 11.4. The number of rotatable bonds is 2. The average molecular weight is 308 g/mol. The number of carbonyl (C=O) groups excluding carboxylic acids is 1. The van der Waals surface area contributed by atoms with Crippen LogP contribution in [0.5, 0.6) is 0 Å². The summed E-state index contributed by atoms with van der Waals surface area (Å²) >= 11 is 5.96. The van der Waals surface area contributed by atoms with Crippen LogP contribution in [0.4, 0.5) is 6.01 Å². The number of anilines is 1. The van der Waals surface area contributed by atoms with E-state index in [1.165, 1.54) is 0 Å². The van der Waals surface area contributed by atoms with Crippen LogP contribution in [-0.4, -0.2) is 42.0 Å². The molecule has 0 unspecified atom stereocenters. The first-order valence-corrected chi connectivity index (χ1v) is 7.47. The Balaban J connectivity index is 1.72. The molecule has 0 bridgehead atoms. The molecule has 6 heteroatoms. The largest absolute Gasteiger partial charge is 0.423 e. The normalized spacial score (nSPS) is 16.4. The molecule has 0 spiro atoms. The summed E-state index contributed by atoms with van der Waals surface area (Å²) in [7, 11) is 1.87. The van der Waals surface area contributed by atoms with Crippen LogP contribution in [0.1, 0.15) is 19.8 Å². The summed E-state index contributed by atoms with van der Waals surface area (Å²) in [6, 6.07) is 6.39. The summed E-state index contributed by atoms with van der Waals surface area (Å²) in [5, 5.41) is 0.645. The number of oxazole rings is 1. The second-order valence-electron chi connectivity index (χ2n) is 5.46. The number of hydrogen-bond acceptors (Lipinski definition) is 4. The van der Waals surface area contributed by atoms with E-state index in [0.29, 0.717) is 22.7 Å². The van der Waals surface area contributed by atoms with E-state index < -0.39 is 0 Å². The van der Waals surface area contributed by atoms with E-state index in [4.69, 9.17) is 16.0 Å². The predicted octanol–water partition coefficient (Wildman–Crippen LogP) is 2.93. The van der Waals surface area contributed by atoms with Crippen LogP contribution < -0.4 is 4.90 Å². The highest BCUT2D eigenvalue weighted by atomic mass is 35.5. The highest BCUT2D eigenvalue weighted by Gasteiger charge is 2.26. The lowest BCUT2D eigenvalue weighted by atomic mass is 10.0. The summed E-state index contributed by atoms with van der Waals surface area (Å²) < 4.78 is 5.78. The van der Waals surface area contributed by atoms with Crippen molar-refractivity contribution in [2.24, 2.45) is 0 Å². The molecule has 1 aromatic carbocycles. The number of nitrogens with zero attached hydrogens (tertiary/aromatic N) is 3. The van der Waals surface area contributed by atoms with E-state index in [-0.39, 0.29) is 5.91 Å². The Morgan fingerprint density at radius 1 is 1.43 bits per heavy atom. The lowest BCUT2D eigenvalue weighted by Crippen LogP contribution is -2.45. The third kappa shape index (κ3) is 2.83. The predicted molar refractivity (Wildman–Crippen MR) is 82.7 cm³/mol. The molecule has 0 N–H and O–H groups in total. The first kappa shape index (κ1) is 14.2. The van der Waals surface area contributed by atoms with Crippen molar-refractivity contribution in [2.75, 3.05) is 25.0 Å². The van der Waals surface area contributed by atoms with Crippen molar-refractivity contribution in [1.29, 1.82) is 0 Å². The van der Waals surface area contributed by atoms with E-state index >= 15 is 0 Å². The highest BCUT2D eigenvalue weighted by molar-refractivity contribution is 6.31. The molecule has 0 radical (unpaired) electrons. The van der Waals surface area contributed by atoms with Crippen molar-refractivity contribution in [2.45, 2.75) is 25.8 Å². The maximum Gasteiger partial charge on any atom is 0.298 e. The maximum atomic E-state index is 11.4. The minimum Gasteiger partial charge on any atom is -0.423 e. The van der Waals surface area contributed by atoms with Crippen LogP contribution in [0.15, 0.2) is 22.6 Å². The zero-order valence-corrected chi connectivity index (χ0v) is 12.9. The Bertz CT molecular complexity index is 662. The Kier molecular flexibility index (Phi) is 3.76. The van der Waals surface area contributed by atoms with Gasteiger partial charge in [-0.05, 0) is 25.0 Å². The Labute approximate surface area is 128 Å². The SMILES string of the molecule is CC(=O)N(C)C1CCN(c2nc3ccc(Cl)cc3o2)CC1. The Morgan fingerprint density at radius 2 is 2.14 bits per heavy atom. The van der Waals surface area contributed by atoms with Gasteiger partial charge in [0.15, 0.2) is 5.58 Å². The standard InChI is InChI=1S/C15H18ClN3O2/c1-10(20)18(2)12-5-7-19(8-6-12)15-17-13-4-3-11(16)9-14(13)21-15/h3-4,9,12H,5-8H2,1-2H3. The third-order valence-corrected chi connectivity index (χ3v) is 4.35. The zero-order chi connectivity index (χ0) is 15.0. The van der Waals surface area contributed by atoms with Crippen LogP contribution >= 0.6 is 11.6 Å². The molecule has 3 rings (SSSR count). The molecule has 2 aromatic rings. The Morgan fingerprint density at radius 3 is 2.81 bits per heavy atom. The highest BCUT2D eigenvalue weighted by Crippen LogP contribution is 2.27. The number of hydrogen-bond donors (Lipinski definition) is 0. The molecule has 1 amide bonds. The number of carbonyl (C=O) groups is 1. The van der Waals surface area contributed by atoms with E-state index in [1.807, 2.05) is 24.1 Å². The summed E-state index contributed by atoms with van der Waals surface area (Å²) in [6.07, 6.45) is 1.85. The molecule has 1 aliphatic rings. The lowest BCUT2D eigenvalue weighted by Gasteiger charge is -2.35. The van der Waals surface area contributed by atoms with Crippen LogP contribution in [0.25, 0.3) is 11.1 Å². The van der Waals surface area contributed by atoms with Gasteiger partial charge >= 0.3 is 0 Å². The van der Waals surface area contributed by atoms with Crippen molar-refractivity contribution >= 4 is 34.6 Å². The van der Waals surface area contributed by atoms with E-state index in [2.05, 4.69) is 9.88 Å². The van der Waals surface area contributed by atoms with Gasteiger partial charge in [0.05, 0.1) is 0 Å². The van der Waals surface area contributed by atoms with Gasteiger partial charge in [-0.15, -0.1) is 0 Å². The van der Waals surface area contributed by atoms with Crippen molar-refractivity contribution < 1.29 is 9.21 Å². The van der Waals surface area contributed by atoms with Gasteiger partial charge < -0.3 is 14.2 Å². The summed E-state index contributed by atoms with van der Waals surface area (Å²) in [6.45, 7) is 3.28. The molecular weight excluding hydrogens is 290 g/mol. The molecule has 0 saturated carbocycles. The quantitative estimate of drug-likeness (QED) is 0.856. The fourth-order valence-electron chi connectivity index (χ4n) is 2.72. The summed E-state index contributed by atoms with van der Waals surface area (Å²) in [5.74, 6) is 0.116. The number of benzene rings is 1. The molecule has 1 saturated heterocycles. The fraction of sp³-hybridized carbons (Fsp3) is 0.467. The molecule has 112 valence electrons. The molecule has 1 fully saturated rings. The number of piperidine rings is 1. The number of halogens is 1. The molecule has 21 heavy (non-hydrogen) atoms. The van der Waals surface area contributed by atoms with Gasteiger partial charge in [-0.2, -0.15) is 4.98 Å². The second kappa shape index (κ2) is 5.56. The van der Waals surface area contributed by atoms with Gasteiger partial charge in [0.25, 0.3) is 6.01 Å². The average Bonchev–Trinajstić information content (AvgIpc) is 2.89. The van der Waals surface area contributed by atoms with Crippen LogP contribution in [0, 0.1) is 0 Å². The summed E-state index contributed by atoms with van der Waals surface area (Å²) in [4.78, 5) is 19.9. The van der Waals surface area contributed by atoms with E-state index in [1.54, 1.807) is 13.0 Å². The van der Waals surface area contributed by atoms with Gasteiger partial charge in [-0.25, -0.2) is 0 Å². The first-order chi connectivity index (χ1) is 10.0. The molecule has 5 nitrogen and oxygen atoms in total. The van der Waals surface area contributed by atoms with Gasteiger partial charge in [0.1, 0.15) is 5.52 Å². The molecular formula is C15H18ClN3O2. The zero-order valence-electron chi connectivity index (χ0n) is 12.2. The topological polar surface area (TPSA) is 49.6 Å². The molecule has 2 heterocycles. The van der Waals surface area contributed by atoms with Crippen molar-refractivity contribution in [3.8, 4) is 0 Å². The molecule has 1 aromatic heterocycles. The monoisotopic (exact) mass is 307 g/mol. The van der Waals surface area contributed by atoms with Gasteiger partial charge in [0.2, 0.25) is 5.91 Å². The van der Waals surface area contributed by atoms with Crippen LogP contribution in [0.3, 0.4) is 0 Å². The fourth-order valence-corrected chi connectivity index (χ4v) is 2.89. The minimum atomic E-state index is 0.116. The van der Waals surface area contributed by atoms with Crippen molar-refractivity contribution in [3.05, 3.63) is 23.2 Å². The lowest BCUT2D eigenvalue weighted by molar-refractivity contribution is -0.129. The molecule has 1 aliphatic heterocycles. The number of amides is 1. The summed E-state index contributed by atoms with van der Waals surface area (Å²) in [5.41, 5.74) is 1.53. The third-order valence-electron chi connectivity index (χ3n) is 4.12. The van der Waals surface area contributed by atoms with Gasteiger partial charge in [-0.1, -0.05) is 11.6 Å². The number of aromatic nitrogens is 1. The van der Waals surface area contributed by atoms with E-state index in [0.717, 1.165) is 31.4 Å². The Hall–Kier alpha value is -1.75. The van der Waals surface area contributed by atoms with E-state index in [9.17, 15) is 4.79 Å². The second-order valence-corrected chi connectivity index (χ2v) is 5.89. The number of fused-ring (bicyclic) bond motifs is 1. The van der Waals surface area contributed by atoms with Gasteiger partial charge in [-0.3, -0.25) is 4.79 Å².